The summed E-state index contributed by atoms with van der Waals surface area (Å²) in [5.41, 5.74) is 11.3. The van der Waals surface area contributed by atoms with Crippen molar-refractivity contribution in [1.29, 1.82) is 0 Å². The molecule has 0 saturated heterocycles. The second-order valence-electron chi connectivity index (χ2n) is 14.1. The number of phenols is 2. The van der Waals surface area contributed by atoms with Gasteiger partial charge in [0.2, 0.25) is 0 Å². The molecule has 4 nitrogen and oxygen atoms in total. The number of aryl methyl sites for hydroxylation is 6. The van der Waals surface area contributed by atoms with Gasteiger partial charge < -0.3 is 19.7 Å². The van der Waals surface area contributed by atoms with Crippen LogP contribution >= 0.6 is 0 Å². The van der Waals surface area contributed by atoms with Crippen molar-refractivity contribution in [2.75, 3.05) is 14.2 Å². The molecule has 45 heavy (non-hydrogen) atoms. The van der Waals surface area contributed by atoms with Crippen LogP contribution < -0.4 is 0 Å². The molecule has 4 rings (SSSR count). The lowest BCUT2D eigenvalue weighted by molar-refractivity contribution is -0.0349. The number of para-hydroxylation sites is 2. The summed E-state index contributed by atoms with van der Waals surface area (Å²) in [6.07, 6.45) is -0.0455. The van der Waals surface area contributed by atoms with Gasteiger partial charge in [-0.25, -0.2) is 0 Å². The summed E-state index contributed by atoms with van der Waals surface area (Å²) in [6.45, 7) is 21.1. The van der Waals surface area contributed by atoms with Gasteiger partial charge in [0.1, 0.15) is 11.5 Å². The van der Waals surface area contributed by atoms with Gasteiger partial charge in [0.05, 0.1) is 12.2 Å². The van der Waals surface area contributed by atoms with Gasteiger partial charge in [0.15, 0.2) is 0 Å². The number of hydrogen-bond acceptors (Lipinski definition) is 4. The summed E-state index contributed by atoms with van der Waals surface area (Å²) >= 11 is 0. The second-order valence-corrected chi connectivity index (χ2v) is 14.1. The zero-order valence-corrected chi connectivity index (χ0v) is 29.3. The summed E-state index contributed by atoms with van der Waals surface area (Å²) in [6, 6.07) is 20.7. The SMILES string of the molecule is CO[C@H](C[C@@H](OC)C(C)(C)c1cccc(-c2c(C)cc(C)cc2C)c1O)C(C)(C)c1cccc(-c2c(C)cc(C)cc2C)c1O. The van der Waals surface area contributed by atoms with E-state index in [0.29, 0.717) is 6.42 Å². The standard InChI is InChI=1S/C41H52O4/c1-24-19-26(3)36(27(4)20-24)30-15-13-17-32(38(30)42)40(7,8)34(44-11)23-35(45-12)41(9,10)33-18-14-16-31(39(33)43)37-28(5)21-25(2)22-29(37)6/h13-22,34-35,42-43H,23H2,1-12H3/t34-,35-/m1/s1. The average Bonchev–Trinajstić information content (AvgIpc) is 2.94. The van der Waals surface area contributed by atoms with Crippen LogP contribution in [0.3, 0.4) is 0 Å². The number of aromatic hydroxyl groups is 2. The molecule has 0 unspecified atom stereocenters. The number of rotatable bonds is 10. The molecule has 0 aliphatic carbocycles. The Bertz CT molecular complexity index is 1520. The van der Waals surface area contributed by atoms with Crippen molar-refractivity contribution in [2.45, 2.75) is 98.7 Å². The minimum absolute atomic E-state index is 0.280. The molecule has 0 aliphatic rings. The predicted octanol–water partition coefficient (Wildman–Crippen LogP) is 9.96. The van der Waals surface area contributed by atoms with Crippen LogP contribution in [0.25, 0.3) is 22.3 Å². The van der Waals surface area contributed by atoms with Gasteiger partial charge in [-0.05, 0) is 74.9 Å². The van der Waals surface area contributed by atoms with Gasteiger partial charge in [0, 0.05) is 53.7 Å². The first kappa shape index (κ1) is 34.3. The van der Waals surface area contributed by atoms with Crippen molar-refractivity contribution < 1.29 is 19.7 Å². The lowest BCUT2D eigenvalue weighted by Crippen LogP contribution is -2.44. The largest absolute Gasteiger partial charge is 0.507 e. The highest BCUT2D eigenvalue weighted by Crippen LogP contribution is 2.47. The van der Waals surface area contributed by atoms with Crippen LogP contribution in [0.15, 0.2) is 60.7 Å². The van der Waals surface area contributed by atoms with E-state index in [1.54, 1.807) is 14.2 Å². The van der Waals surface area contributed by atoms with Gasteiger partial charge in [-0.1, -0.05) is 99.5 Å². The molecule has 0 aromatic heterocycles. The fourth-order valence-electron chi connectivity index (χ4n) is 7.65. The highest BCUT2D eigenvalue weighted by Gasteiger charge is 2.42. The van der Waals surface area contributed by atoms with Crippen LogP contribution in [0, 0.1) is 41.5 Å². The lowest BCUT2D eigenvalue weighted by atomic mass is 9.70. The van der Waals surface area contributed by atoms with Crippen molar-refractivity contribution in [3.63, 3.8) is 0 Å². The van der Waals surface area contributed by atoms with E-state index in [1.165, 1.54) is 11.1 Å². The smallest absolute Gasteiger partial charge is 0.127 e. The first-order valence-electron chi connectivity index (χ1n) is 15.9. The molecule has 0 radical (unpaired) electrons. The predicted molar refractivity (Wildman–Crippen MR) is 188 cm³/mol. The Morgan fingerprint density at radius 1 is 0.556 bits per heavy atom. The maximum atomic E-state index is 11.8. The molecule has 0 saturated carbocycles. The first-order chi connectivity index (χ1) is 21.1. The molecule has 2 N–H and O–H groups in total. The molecule has 0 fully saturated rings. The molecule has 0 amide bonds. The van der Waals surface area contributed by atoms with Crippen LogP contribution in [-0.2, 0) is 20.3 Å². The summed E-state index contributed by atoms with van der Waals surface area (Å²) in [5.74, 6) is 0.559. The van der Waals surface area contributed by atoms with E-state index in [0.717, 1.165) is 55.6 Å². The highest BCUT2D eigenvalue weighted by atomic mass is 16.5. The van der Waals surface area contributed by atoms with Crippen LogP contribution in [0.5, 0.6) is 11.5 Å². The zero-order valence-electron chi connectivity index (χ0n) is 29.3. The molecule has 0 spiro atoms. The minimum Gasteiger partial charge on any atom is -0.507 e. The quantitative estimate of drug-likeness (QED) is 0.188. The summed E-state index contributed by atoms with van der Waals surface area (Å²) in [5, 5.41) is 23.6. The molecular formula is C41H52O4. The molecule has 4 aromatic carbocycles. The first-order valence-corrected chi connectivity index (χ1v) is 15.9. The van der Waals surface area contributed by atoms with Crippen LogP contribution in [0.2, 0.25) is 0 Å². The molecule has 2 atom stereocenters. The van der Waals surface area contributed by atoms with Gasteiger partial charge in [-0.15, -0.1) is 0 Å². The molecule has 4 aromatic rings. The van der Waals surface area contributed by atoms with Crippen molar-refractivity contribution in [2.24, 2.45) is 0 Å². The Morgan fingerprint density at radius 3 is 1.16 bits per heavy atom. The Balaban J connectivity index is 1.73. The number of ether oxygens (including phenoxy) is 2. The fourth-order valence-corrected chi connectivity index (χ4v) is 7.65. The lowest BCUT2D eigenvalue weighted by Gasteiger charge is -2.41. The third kappa shape index (κ3) is 6.41. The molecule has 4 heteroatoms. The Labute approximate surface area is 271 Å². The minimum atomic E-state index is -0.561. The number of methoxy groups -OCH3 is 2. The van der Waals surface area contributed by atoms with E-state index in [1.807, 2.05) is 36.4 Å². The van der Waals surface area contributed by atoms with E-state index in [-0.39, 0.29) is 23.7 Å². The maximum absolute atomic E-state index is 11.8. The maximum Gasteiger partial charge on any atom is 0.127 e. The van der Waals surface area contributed by atoms with Crippen LogP contribution in [0.1, 0.15) is 78.6 Å². The van der Waals surface area contributed by atoms with Gasteiger partial charge in [-0.3, -0.25) is 0 Å². The molecule has 0 aliphatic heterocycles. The summed E-state index contributed by atoms with van der Waals surface area (Å²) < 4.78 is 12.4. The summed E-state index contributed by atoms with van der Waals surface area (Å²) in [7, 11) is 3.45. The van der Waals surface area contributed by atoms with Crippen LogP contribution in [0.4, 0.5) is 0 Å². The molecule has 0 bridgehead atoms. The molecule has 0 heterocycles. The Kier molecular flexibility index (Phi) is 9.92. The fraction of sp³-hybridized carbons (Fsp3) is 0.415. The topological polar surface area (TPSA) is 58.9 Å². The number of benzene rings is 4. The monoisotopic (exact) mass is 608 g/mol. The second kappa shape index (κ2) is 13.0. The van der Waals surface area contributed by atoms with E-state index in [9.17, 15) is 10.2 Å². The summed E-state index contributed by atoms with van der Waals surface area (Å²) in [4.78, 5) is 0. The van der Waals surface area contributed by atoms with Crippen molar-refractivity contribution in [3.05, 3.63) is 105 Å². The molecular weight excluding hydrogens is 556 g/mol. The van der Waals surface area contributed by atoms with Gasteiger partial charge >= 0.3 is 0 Å². The third-order valence-corrected chi connectivity index (χ3v) is 9.96. The zero-order chi connectivity index (χ0) is 33.4. The van der Waals surface area contributed by atoms with Gasteiger partial charge in [-0.2, -0.15) is 0 Å². The van der Waals surface area contributed by atoms with E-state index < -0.39 is 10.8 Å². The van der Waals surface area contributed by atoms with Crippen molar-refractivity contribution in [3.8, 4) is 33.8 Å². The number of phenolic OH excluding ortho intramolecular Hbond substituents is 2. The van der Waals surface area contributed by atoms with Crippen molar-refractivity contribution in [1.82, 2.24) is 0 Å². The molecule has 240 valence electrons. The highest BCUT2D eigenvalue weighted by molar-refractivity contribution is 5.79. The van der Waals surface area contributed by atoms with E-state index in [2.05, 4.69) is 93.5 Å². The van der Waals surface area contributed by atoms with E-state index >= 15 is 0 Å². The third-order valence-electron chi connectivity index (χ3n) is 9.96. The van der Waals surface area contributed by atoms with Crippen LogP contribution in [-0.4, -0.2) is 36.6 Å². The van der Waals surface area contributed by atoms with Crippen molar-refractivity contribution >= 4 is 0 Å². The average molecular weight is 609 g/mol. The van der Waals surface area contributed by atoms with Gasteiger partial charge in [0.25, 0.3) is 0 Å². The Morgan fingerprint density at radius 2 is 0.867 bits per heavy atom. The Hall–Kier alpha value is -3.60. The normalized spacial score (nSPS) is 13.6. The number of hydrogen-bond donors (Lipinski definition) is 2. The van der Waals surface area contributed by atoms with E-state index in [4.69, 9.17) is 9.47 Å².